The molecule has 0 aromatic carbocycles. The average molecular weight is 551 g/mol. The fraction of sp³-hybridized carbons (Fsp3) is 0.900. The van der Waals surface area contributed by atoms with Gasteiger partial charge in [0.05, 0.1) is 3.42 Å². The first-order chi connectivity index (χ1) is 14.6. The summed E-state index contributed by atoms with van der Waals surface area (Å²) in [6.45, 7) is 20.1. The molecule has 0 heterocycles. The molecular formula is C30H47IO. The van der Waals surface area contributed by atoms with E-state index in [4.69, 9.17) is 0 Å². The highest BCUT2D eigenvalue weighted by molar-refractivity contribution is 14.1. The van der Waals surface area contributed by atoms with Crippen molar-refractivity contribution in [2.75, 3.05) is 0 Å². The third-order valence-electron chi connectivity index (χ3n) is 12.7. The number of carbonyl (C=O) groups is 1. The summed E-state index contributed by atoms with van der Waals surface area (Å²) in [6, 6.07) is 0. The number of hydrogen-bond donors (Lipinski definition) is 0. The fourth-order valence-corrected chi connectivity index (χ4v) is 12.0. The molecule has 32 heavy (non-hydrogen) atoms. The number of alkyl halides is 1. The van der Waals surface area contributed by atoms with Gasteiger partial charge in [0.25, 0.3) is 0 Å². The monoisotopic (exact) mass is 550 g/mol. The predicted molar refractivity (Wildman–Crippen MR) is 143 cm³/mol. The van der Waals surface area contributed by atoms with Crippen LogP contribution in [-0.4, -0.2) is 9.20 Å². The number of ketones is 1. The lowest BCUT2D eigenvalue weighted by atomic mass is 9.33. The summed E-state index contributed by atoms with van der Waals surface area (Å²) in [5, 5.41) is 0. The summed E-state index contributed by atoms with van der Waals surface area (Å²) in [5.74, 6) is 1.71. The highest BCUT2D eigenvalue weighted by atomic mass is 127. The molecule has 0 aromatic rings. The van der Waals surface area contributed by atoms with Crippen LogP contribution in [0.15, 0.2) is 11.6 Å². The molecule has 0 unspecified atom stereocenters. The Balaban J connectivity index is 1.68. The largest absolute Gasteiger partial charge is 0.293 e. The average Bonchev–Trinajstić information content (AvgIpc) is 2.68. The van der Waals surface area contributed by atoms with Crippen molar-refractivity contribution in [1.29, 1.82) is 0 Å². The molecule has 1 nitrogen and oxygen atoms in total. The SMILES string of the molecule is CC1(C)CC[C@]2(C)CC[C@]3(C)C(=CC(=O)[C@@]4(I)[C@@]3(C)CC[C@H]3C(C)(C)CCC[C@@]34C)[C@@H]2C1. The maximum Gasteiger partial charge on any atom is 0.172 e. The van der Waals surface area contributed by atoms with Gasteiger partial charge in [-0.05, 0) is 108 Å². The van der Waals surface area contributed by atoms with Crippen molar-refractivity contribution in [1.82, 2.24) is 0 Å². The van der Waals surface area contributed by atoms with Gasteiger partial charge in [-0.3, -0.25) is 4.79 Å². The van der Waals surface area contributed by atoms with E-state index in [0.29, 0.717) is 33.9 Å². The van der Waals surface area contributed by atoms with Crippen molar-refractivity contribution >= 4 is 28.4 Å². The van der Waals surface area contributed by atoms with Crippen molar-refractivity contribution in [2.24, 2.45) is 44.3 Å². The van der Waals surface area contributed by atoms with E-state index in [0.717, 1.165) is 0 Å². The molecule has 5 aliphatic rings. The van der Waals surface area contributed by atoms with Gasteiger partial charge < -0.3 is 0 Å². The van der Waals surface area contributed by atoms with Gasteiger partial charge >= 0.3 is 0 Å². The summed E-state index contributed by atoms with van der Waals surface area (Å²) < 4.78 is -0.283. The first kappa shape index (κ1) is 23.9. The van der Waals surface area contributed by atoms with Crippen LogP contribution in [0.3, 0.4) is 0 Å². The molecule has 0 N–H and O–H groups in total. The molecule has 0 aliphatic heterocycles. The van der Waals surface area contributed by atoms with Crippen LogP contribution in [0.2, 0.25) is 0 Å². The van der Waals surface area contributed by atoms with Gasteiger partial charge in [0, 0.05) is 0 Å². The maximum absolute atomic E-state index is 14.5. The van der Waals surface area contributed by atoms with E-state index in [9.17, 15) is 4.79 Å². The molecule has 0 aromatic heterocycles. The lowest BCUT2D eigenvalue weighted by molar-refractivity contribution is -0.167. The second-order valence-electron chi connectivity index (χ2n) is 15.2. The number of hydrogen-bond acceptors (Lipinski definition) is 1. The fourth-order valence-electron chi connectivity index (χ4n) is 10.3. The van der Waals surface area contributed by atoms with Crippen LogP contribution in [0.5, 0.6) is 0 Å². The van der Waals surface area contributed by atoms with Crippen molar-refractivity contribution in [3.05, 3.63) is 11.6 Å². The smallest absolute Gasteiger partial charge is 0.172 e. The molecule has 0 amide bonds. The minimum Gasteiger partial charge on any atom is -0.293 e. The molecule has 0 bridgehead atoms. The van der Waals surface area contributed by atoms with Crippen LogP contribution in [0.4, 0.5) is 0 Å². The minimum absolute atomic E-state index is 0.0450. The molecule has 180 valence electrons. The number of allylic oxidation sites excluding steroid dienone is 2. The topological polar surface area (TPSA) is 17.1 Å². The zero-order valence-electron chi connectivity index (χ0n) is 22.1. The maximum atomic E-state index is 14.5. The predicted octanol–water partition coefficient (Wildman–Crippen LogP) is 8.93. The Morgan fingerprint density at radius 3 is 2.19 bits per heavy atom. The Morgan fingerprint density at radius 2 is 1.50 bits per heavy atom. The Bertz CT molecular complexity index is 883. The number of carbonyl (C=O) groups excluding carboxylic acids is 1. The van der Waals surface area contributed by atoms with E-state index >= 15 is 0 Å². The Labute approximate surface area is 211 Å². The molecule has 0 saturated heterocycles. The Kier molecular flexibility index (Phi) is 4.97. The number of rotatable bonds is 0. The van der Waals surface area contributed by atoms with Crippen LogP contribution in [-0.2, 0) is 4.79 Å². The first-order valence-corrected chi connectivity index (χ1v) is 14.6. The zero-order valence-corrected chi connectivity index (χ0v) is 24.2. The van der Waals surface area contributed by atoms with Crippen molar-refractivity contribution in [3.63, 3.8) is 0 Å². The zero-order chi connectivity index (χ0) is 23.6. The van der Waals surface area contributed by atoms with Gasteiger partial charge in [-0.25, -0.2) is 0 Å². The third-order valence-corrected chi connectivity index (χ3v) is 15.7. The quantitative estimate of drug-likeness (QED) is 0.217. The molecule has 4 fully saturated rings. The van der Waals surface area contributed by atoms with Crippen LogP contribution >= 0.6 is 22.6 Å². The van der Waals surface area contributed by atoms with Crippen molar-refractivity contribution in [3.8, 4) is 0 Å². The number of halogens is 1. The van der Waals surface area contributed by atoms with E-state index < -0.39 is 0 Å². The third kappa shape index (κ3) is 2.66. The Morgan fingerprint density at radius 1 is 0.844 bits per heavy atom. The lowest BCUT2D eigenvalue weighted by Crippen LogP contribution is -2.73. The standard InChI is InChI=1S/C30H47IO/c1-24(2)14-15-26(5)16-17-27(6)20(21(26)19-24)18-23(32)30(31)28(7)12-9-11-25(3,4)22(28)10-13-29(27,30)8/h18,21-22H,9-17,19H2,1-8H3/t21-,22-,26+,27+,28-,29-,30-/m0/s1. The van der Waals surface area contributed by atoms with Gasteiger partial charge in [0.2, 0.25) is 0 Å². The van der Waals surface area contributed by atoms with Crippen LogP contribution in [0, 0.1) is 44.3 Å². The summed E-state index contributed by atoms with van der Waals surface area (Å²) in [6.07, 6.45) is 15.1. The molecule has 0 spiro atoms. The molecular weight excluding hydrogens is 503 g/mol. The van der Waals surface area contributed by atoms with E-state index in [1.807, 2.05) is 0 Å². The van der Waals surface area contributed by atoms with Gasteiger partial charge in [0.1, 0.15) is 0 Å². The minimum atomic E-state index is -0.283. The normalized spacial score (nSPS) is 53.9. The number of fused-ring (bicyclic) bond motifs is 7. The van der Waals surface area contributed by atoms with Gasteiger partial charge in [-0.2, -0.15) is 0 Å². The summed E-state index contributed by atoms with van der Waals surface area (Å²) >= 11 is 2.74. The van der Waals surface area contributed by atoms with Crippen LogP contribution < -0.4 is 0 Å². The highest BCUT2D eigenvalue weighted by Gasteiger charge is 2.75. The van der Waals surface area contributed by atoms with E-state index in [1.54, 1.807) is 5.57 Å². The van der Waals surface area contributed by atoms with E-state index in [2.05, 4.69) is 84.1 Å². The molecule has 0 radical (unpaired) electrons. The Hall–Kier alpha value is 0.140. The van der Waals surface area contributed by atoms with E-state index in [-0.39, 0.29) is 19.7 Å². The molecule has 5 aliphatic carbocycles. The molecule has 4 saturated carbocycles. The van der Waals surface area contributed by atoms with Gasteiger partial charge in [0.15, 0.2) is 5.78 Å². The second kappa shape index (κ2) is 6.67. The summed E-state index contributed by atoms with van der Waals surface area (Å²) in [7, 11) is 0. The van der Waals surface area contributed by atoms with Crippen molar-refractivity contribution in [2.45, 2.75) is 123 Å². The summed E-state index contributed by atoms with van der Waals surface area (Å²) in [5.41, 5.74) is 2.97. The summed E-state index contributed by atoms with van der Waals surface area (Å²) in [4.78, 5) is 14.5. The molecule has 7 atom stereocenters. The highest BCUT2D eigenvalue weighted by Crippen LogP contribution is 2.78. The van der Waals surface area contributed by atoms with Crippen LogP contribution in [0.1, 0.15) is 120 Å². The van der Waals surface area contributed by atoms with Gasteiger partial charge in [-0.1, -0.05) is 90.0 Å². The van der Waals surface area contributed by atoms with Gasteiger partial charge in [-0.15, -0.1) is 0 Å². The lowest BCUT2D eigenvalue weighted by Gasteiger charge is -2.73. The van der Waals surface area contributed by atoms with Crippen LogP contribution in [0.25, 0.3) is 0 Å². The molecule has 5 rings (SSSR count). The first-order valence-electron chi connectivity index (χ1n) is 13.5. The van der Waals surface area contributed by atoms with E-state index in [1.165, 1.54) is 64.2 Å². The van der Waals surface area contributed by atoms with Crippen molar-refractivity contribution < 1.29 is 4.79 Å². The molecule has 2 heteroatoms. The second-order valence-corrected chi connectivity index (χ2v) is 16.8.